The molecule has 0 saturated heterocycles. The van der Waals surface area contributed by atoms with Crippen LogP contribution in [-0.4, -0.2) is 74.9 Å². The number of phosphoric ester groups is 1. The molecular weight excluding hydrogens is 689 g/mol. The number of unbranched alkanes of at least 4 members (excludes halogenated alkanes) is 15. The summed E-state index contributed by atoms with van der Waals surface area (Å²) in [4.78, 5) is 35.3. The zero-order valence-electron chi connectivity index (χ0n) is 34.5. The number of rotatable bonds is 37. The molecule has 308 valence electrons. The van der Waals surface area contributed by atoms with Gasteiger partial charge in [0, 0.05) is 12.8 Å². The lowest BCUT2D eigenvalue weighted by Gasteiger charge is -2.24. The van der Waals surface area contributed by atoms with E-state index >= 15 is 0 Å². The predicted octanol–water partition coefficient (Wildman–Crippen LogP) is 11.5. The first-order valence-electron chi connectivity index (χ1n) is 20.9. The summed E-state index contributed by atoms with van der Waals surface area (Å²) in [6.45, 7) is 4.26. The van der Waals surface area contributed by atoms with Crippen LogP contribution < -0.4 is 0 Å². The fourth-order valence-corrected chi connectivity index (χ4v) is 6.06. The second-order valence-corrected chi connectivity index (χ2v) is 16.4. The van der Waals surface area contributed by atoms with Gasteiger partial charge in [0.25, 0.3) is 0 Å². The minimum Gasteiger partial charge on any atom is -0.462 e. The maximum atomic E-state index is 12.7. The summed E-state index contributed by atoms with van der Waals surface area (Å²) in [5.74, 6) is -0.832. The Hall–Kier alpha value is -2.03. The van der Waals surface area contributed by atoms with E-state index in [1.165, 1.54) is 38.5 Å². The quantitative estimate of drug-likeness (QED) is 0.0219. The fraction of sp³-hybridized carbons (Fsp3) is 0.767. The van der Waals surface area contributed by atoms with E-state index in [4.69, 9.17) is 18.5 Å². The van der Waals surface area contributed by atoms with Gasteiger partial charge in [-0.3, -0.25) is 18.6 Å². The molecule has 0 aliphatic rings. The smallest absolute Gasteiger partial charge is 0.462 e. The molecule has 53 heavy (non-hydrogen) atoms. The van der Waals surface area contributed by atoms with Crippen molar-refractivity contribution in [1.82, 2.24) is 0 Å². The summed E-state index contributed by atoms with van der Waals surface area (Å²) in [6.07, 6.45) is 40.1. The van der Waals surface area contributed by atoms with Crippen LogP contribution >= 0.6 is 7.82 Å². The van der Waals surface area contributed by atoms with Gasteiger partial charge < -0.3 is 18.9 Å². The number of hydrogen-bond acceptors (Lipinski definition) is 7. The molecule has 0 aliphatic carbocycles. The minimum absolute atomic E-state index is 0.0256. The van der Waals surface area contributed by atoms with Crippen LogP contribution in [0.2, 0.25) is 0 Å². The number of nitrogens with zero attached hydrogens (tertiary/aromatic N) is 1. The van der Waals surface area contributed by atoms with Crippen LogP contribution in [-0.2, 0) is 32.7 Å². The minimum atomic E-state index is -4.38. The highest BCUT2D eigenvalue weighted by Gasteiger charge is 2.27. The number of carbonyl (C=O) groups is 2. The van der Waals surface area contributed by atoms with Crippen molar-refractivity contribution in [2.45, 2.75) is 168 Å². The van der Waals surface area contributed by atoms with Gasteiger partial charge in [-0.1, -0.05) is 127 Å². The molecule has 9 nitrogen and oxygen atoms in total. The molecule has 0 saturated carbocycles. The number of ether oxygens (including phenoxy) is 2. The Morgan fingerprint density at radius 2 is 1.08 bits per heavy atom. The Kier molecular flexibility index (Phi) is 34.3. The molecule has 0 bridgehead atoms. The third-order valence-electron chi connectivity index (χ3n) is 8.59. The molecule has 0 aromatic rings. The Morgan fingerprint density at radius 1 is 0.604 bits per heavy atom. The van der Waals surface area contributed by atoms with Gasteiger partial charge in [0.05, 0.1) is 27.7 Å². The van der Waals surface area contributed by atoms with Gasteiger partial charge in [-0.05, 0) is 70.6 Å². The Bertz CT molecular complexity index is 1050. The van der Waals surface area contributed by atoms with E-state index in [1.807, 2.05) is 21.1 Å². The number of allylic oxidation sites excluding steroid dienone is 8. The molecule has 0 amide bonds. The first-order valence-corrected chi connectivity index (χ1v) is 22.4. The van der Waals surface area contributed by atoms with E-state index in [2.05, 4.69) is 62.5 Å². The van der Waals surface area contributed by atoms with Crippen molar-refractivity contribution in [3.63, 3.8) is 0 Å². The number of hydrogen-bond donors (Lipinski definition) is 1. The van der Waals surface area contributed by atoms with Crippen LogP contribution in [0.1, 0.15) is 162 Å². The van der Waals surface area contributed by atoms with Crippen LogP contribution in [0.5, 0.6) is 0 Å². The molecule has 1 unspecified atom stereocenters. The fourth-order valence-electron chi connectivity index (χ4n) is 5.32. The molecule has 2 atom stereocenters. The second-order valence-electron chi connectivity index (χ2n) is 15.0. The van der Waals surface area contributed by atoms with E-state index in [-0.39, 0.29) is 32.0 Å². The standard InChI is InChI=1S/C43H78NO8P/c1-6-8-10-12-14-16-18-20-22-24-25-27-29-31-33-35-42(45)49-39-41(40-51-53(47,48)50-38-37-44(3,4)5)52-43(46)36-34-32-30-28-26-23-21-19-17-15-13-11-9-7-2/h8,10,14,16,19-22,41H,6-7,9,11-13,15,17-18,23-40H2,1-5H3/p+1/b10-8-,16-14-,21-19-,22-20-/t41-/m1/s1. The molecule has 0 aromatic heterocycles. The summed E-state index contributed by atoms with van der Waals surface area (Å²) >= 11 is 0. The third kappa shape index (κ3) is 39.5. The third-order valence-corrected chi connectivity index (χ3v) is 9.58. The van der Waals surface area contributed by atoms with Crippen molar-refractivity contribution in [3.8, 4) is 0 Å². The van der Waals surface area contributed by atoms with E-state index in [0.29, 0.717) is 23.9 Å². The van der Waals surface area contributed by atoms with Gasteiger partial charge >= 0.3 is 19.8 Å². The highest BCUT2D eigenvalue weighted by atomic mass is 31.2. The zero-order valence-corrected chi connectivity index (χ0v) is 35.4. The lowest BCUT2D eigenvalue weighted by molar-refractivity contribution is -0.870. The largest absolute Gasteiger partial charge is 0.472 e. The number of quaternary nitrogens is 1. The molecule has 1 N–H and O–H groups in total. The van der Waals surface area contributed by atoms with Gasteiger partial charge in [0.2, 0.25) is 0 Å². The van der Waals surface area contributed by atoms with Crippen molar-refractivity contribution >= 4 is 19.8 Å². The number of carbonyl (C=O) groups excluding carboxylic acids is 2. The zero-order chi connectivity index (χ0) is 39.3. The van der Waals surface area contributed by atoms with E-state index in [9.17, 15) is 19.0 Å². The maximum absolute atomic E-state index is 12.7. The second kappa shape index (κ2) is 35.7. The van der Waals surface area contributed by atoms with E-state index in [1.54, 1.807) is 0 Å². The Balaban J connectivity index is 4.44. The first-order chi connectivity index (χ1) is 25.5. The van der Waals surface area contributed by atoms with Crippen LogP contribution in [0.25, 0.3) is 0 Å². The molecule has 0 spiro atoms. The maximum Gasteiger partial charge on any atom is 0.472 e. The van der Waals surface area contributed by atoms with Crippen LogP contribution in [0.4, 0.5) is 0 Å². The molecular formula is C43H79NO8P+. The van der Waals surface area contributed by atoms with Gasteiger partial charge in [0.15, 0.2) is 6.10 Å². The molecule has 10 heteroatoms. The van der Waals surface area contributed by atoms with Gasteiger partial charge in [-0.15, -0.1) is 0 Å². The summed E-state index contributed by atoms with van der Waals surface area (Å²) in [7, 11) is 1.45. The molecule has 0 aromatic carbocycles. The van der Waals surface area contributed by atoms with E-state index < -0.39 is 26.5 Å². The summed E-state index contributed by atoms with van der Waals surface area (Å²) in [6, 6.07) is 0. The molecule has 0 rings (SSSR count). The summed E-state index contributed by atoms with van der Waals surface area (Å²) < 4.78 is 34.2. The van der Waals surface area contributed by atoms with Crippen molar-refractivity contribution in [2.24, 2.45) is 0 Å². The van der Waals surface area contributed by atoms with Crippen LogP contribution in [0.15, 0.2) is 48.6 Å². The summed E-state index contributed by atoms with van der Waals surface area (Å²) in [5.41, 5.74) is 0. The monoisotopic (exact) mass is 769 g/mol. The van der Waals surface area contributed by atoms with Gasteiger partial charge in [-0.2, -0.15) is 0 Å². The number of esters is 2. The van der Waals surface area contributed by atoms with Gasteiger partial charge in [0.1, 0.15) is 19.8 Å². The Labute approximate surface area is 324 Å². The average Bonchev–Trinajstić information content (AvgIpc) is 3.10. The molecule has 0 radical (unpaired) electrons. The predicted molar refractivity (Wildman–Crippen MR) is 220 cm³/mol. The highest BCUT2D eigenvalue weighted by molar-refractivity contribution is 7.47. The number of phosphoric acid groups is 1. The van der Waals surface area contributed by atoms with Crippen molar-refractivity contribution in [3.05, 3.63) is 48.6 Å². The van der Waals surface area contributed by atoms with Crippen molar-refractivity contribution < 1.29 is 42.1 Å². The van der Waals surface area contributed by atoms with E-state index in [0.717, 1.165) is 83.5 Å². The average molecular weight is 769 g/mol. The highest BCUT2D eigenvalue weighted by Crippen LogP contribution is 2.43. The van der Waals surface area contributed by atoms with Crippen LogP contribution in [0, 0.1) is 0 Å². The normalized spacial score (nSPS) is 14.2. The lowest BCUT2D eigenvalue weighted by atomic mass is 10.1. The van der Waals surface area contributed by atoms with Crippen molar-refractivity contribution in [1.29, 1.82) is 0 Å². The molecule has 0 aliphatic heterocycles. The number of likely N-dealkylation sites (N-methyl/N-ethyl adjacent to an activating group) is 1. The Morgan fingerprint density at radius 3 is 1.62 bits per heavy atom. The molecule has 0 heterocycles. The molecule has 0 fully saturated rings. The topological polar surface area (TPSA) is 108 Å². The van der Waals surface area contributed by atoms with Crippen molar-refractivity contribution in [2.75, 3.05) is 47.5 Å². The lowest BCUT2D eigenvalue weighted by Crippen LogP contribution is -2.37. The summed E-state index contributed by atoms with van der Waals surface area (Å²) in [5, 5.41) is 0. The van der Waals surface area contributed by atoms with Crippen LogP contribution in [0.3, 0.4) is 0 Å². The SMILES string of the molecule is CC/C=C\C/C=C\C/C=C\CCCCCCCC(=O)OC[C@H](COP(=O)(O)OCC[N+](C)(C)C)OC(=O)CCCCCCC/C=C\CCCCCCC. The van der Waals surface area contributed by atoms with Gasteiger partial charge in [-0.25, -0.2) is 4.57 Å². The first kappa shape index (κ1) is 51.0.